The molecule has 0 saturated heterocycles. The van der Waals surface area contributed by atoms with Crippen LogP contribution in [0.2, 0.25) is 0 Å². The van der Waals surface area contributed by atoms with E-state index in [0.29, 0.717) is 0 Å². The lowest BCUT2D eigenvalue weighted by Gasteiger charge is -2.40. The van der Waals surface area contributed by atoms with Gasteiger partial charge in [0.05, 0.1) is 0 Å². The van der Waals surface area contributed by atoms with Crippen molar-refractivity contribution in [3.63, 3.8) is 0 Å². The summed E-state index contributed by atoms with van der Waals surface area (Å²) < 4.78 is 0. The summed E-state index contributed by atoms with van der Waals surface area (Å²) in [7, 11) is 0. The van der Waals surface area contributed by atoms with E-state index in [0.717, 1.165) is 31.4 Å². The molecule has 0 spiro atoms. The Bertz CT molecular complexity index is 458. The standard InChI is InChI=1S/C15H20N2O/c16-13-7-3-4-8-14(13)17-10-9-11-5-1-2-6-12(11)15(17)18/h1-2,5-6,13-14H,3-4,7-10,16H2/t13-,14-/m1/s1. The van der Waals surface area contributed by atoms with Crippen LogP contribution in [0.3, 0.4) is 0 Å². The van der Waals surface area contributed by atoms with Crippen LogP contribution in [0.4, 0.5) is 0 Å². The van der Waals surface area contributed by atoms with Crippen molar-refractivity contribution in [2.75, 3.05) is 6.54 Å². The normalized spacial score (nSPS) is 28.1. The third-order valence-electron chi connectivity index (χ3n) is 4.31. The van der Waals surface area contributed by atoms with Gasteiger partial charge < -0.3 is 10.6 Å². The highest BCUT2D eigenvalue weighted by atomic mass is 16.2. The minimum Gasteiger partial charge on any atom is -0.334 e. The molecule has 0 radical (unpaired) electrons. The van der Waals surface area contributed by atoms with Crippen molar-refractivity contribution in [3.8, 4) is 0 Å². The molecule has 0 unspecified atom stereocenters. The number of fused-ring (bicyclic) bond motifs is 1. The van der Waals surface area contributed by atoms with Crippen molar-refractivity contribution in [2.45, 2.75) is 44.2 Å². The molecule has 2 atom stereocenters. The van der Waals surface area contributed by atoms with Crippen LogP contribution in [-0.2, 0) is 6.42 Å². The fourth-order valence-electron chi connectivity index (χ4n) is 3.29. The summed E-state index contributed by atoms with van der Waals surface area (Å²) >= 11 is 0. The van der Waals surface area contributed by atoms with Gasteiger partial charge in [-0.1, -0.05) is 31.0 Å². The van der Waals surface area contributed by atoms with E-state index in [1.807, 2.05) is 23.1 Å². The first-order chi connectivity index (χ1) is 8.77. The van der Waals surface area contributed by atoms with Crippen molar-refractivity contribution in [1.29, 1.82) is 0 Å². The van der Waals surface area contributed by atoms with Gasteiger partial charge in [-0.15, -0.1) is 0 Å². The smallest absolute Gasteiger partial charge is 0.254 e. The Hall–Kier alpha value is -1.35. The number of carbonyl (C=O) groups is 1. The molecule has 1 amide bonds. The number of hydrogen-bond acceptors (Lipinski definition) is 2. The highest BCUT2D eigenvalue weighted by Gasteiger charge is 2.34. The Kier molecular flexibility index (Phi) is 3.08. The van der Waals surface area contributed by atoms with E-state index < -0.39 is 0 Å². The van der Waals surface area contributed by atoms with E-state index in [1.54, 1.807) is 0 Å². The second kappa shape index (κ2) is 4.73. The Morgan fingerprint density at radius 2 is 1.94 bits per heavy atom. The maximum absolute atomic E-state index is 12.5. The minimum atomic E-state index is 0.160. The van der Waals surface area contributed by atoms with Crippen LogP contribution in [-0.4, -0.2) is 29.4 Å². The molecule has 3 nitrogen and oxygen atoms in total. The molecule has 0 aromatic heterocycles. The molecule has 2 N–H and O–H groups in total. The summed E-state index contributed by atoms with van der Waals surface area (Å²) in [6.45, 7) is 0.828. The molecule has 3 heteroatoms. The quantitative estimate of drug-likeness (QED) is 0.820. The van der Waals surface area contributed by atoms with Crippen molar-refractivity contribution < 1.29 is 4.79 Å². The first-order valence-electron chi connectivity index (χ1n) is 6.92. The first kappa shape index (κ1) is 11.7. The number of rotatable bonds is 1. The van der Waals surface area contributed by atoms with E-state index in [1.165, 1.54) is 18.4 Å². The predicted molar refractivity (Wildman–Crippen MR) is 71.4 cm³/mol. The maximum Gasteiger partial charge on any atom is 0.254 e. The third-order valence-corrected chi connectivity index (χ3v) is 4.31. The van der Waals surface area contributed by atoms with E-state index in [4.69, 9.17) is 5.73 Å². The van der Waals surface area contributed by atoms with Gasteiger partial charge in [-0.3, -0.25) is 4.79 Å². The monoisotopic (exact) mass is 244 g/mol. The Labute approximate surface area is 108 Å². The molecule has 1 aromatic rings. The summed E-state index contributed by atoms with van der Waals surface area (Å²) in [5.41, 5.74) is 8.26. The van der Waals surface area contributed by atoms with Crippen molar-refractivity contribution in [3.05, 3.63) is 35.4 Å². The van der Waals surface area contributed by atoms with Gasteiger partial charge >= 0.3 is 0 Å². The molecule has 0 bridgehead atoms. The summed E-state index contributed by atoms with van der Waals surface area (Å²) in [5.74, 6) is 0.180. The summed E-state index contributed by atoms with van der Waals surface area (Å²) in [4.78, 5) is 14.6. The van der Waals surface area contributed by atoms with Crippen molar-refractivity contribution in [1.82, 2.24) is 4.90 Å². The second-order valence-corrected chi connectivity index (χ2v) is 5.42. The molecule has 1 heterocycles. The summed E-state index contributed by atoms with van der Waals surface area (Å²) in [5, 5.41) is 0. The zero-order valence-electron chi connectivity index (χ0n) is 10.6. The van der Waals surface area contributed by atoms with Gasteiger partial charge in [0.15, 0.2) is 0 Å². The van der Waals surface area contributed by atoms with Crippen LogP contribution in [0.1, 0.15) is 41.6 Å². The SMILES string of the molecule is N[C@@H]1CCCC[C@H]1N1CCc2ccccc2C1=O. The molecule has 1 aromatic carbocycles. The van der Waals surface area contributed by atoms with Gasteiger partial charge in [-0.25, -0.2) is 0 Å². The number of carbonyl (C=O) groups excluding carboxylic acids is 1. The number of hydrogen-bond donors (Lipinski definition) is 1. The van der Waals surface area contributed by atoms with Crippen molar-refractivity contribution >= 4 is 5.91 Å². The lowest BCUT2D eigenvalue weighted by Crippen LogP contribution is -2.54. The number of amides is 1. The molecule has 1 fully saturated rings. The summed E-state index contributed by atoms with van der Waals surface area (Å²) in [6, 6.07) is 8.37. The minimum absolute atomic E-state index is 0.160. The fraction of sp³-hybridized carbons (Fsp3) is 0.533. The van der Waals surface area contributed by atoms with Gasteiger partial charge in [0.2, 0.25) is 0 Å². The lowest BCUT2D eigenvalue weighted by molar-refractivity contribution is 0.0585. The predicted octanol–water partition coefficient (Wildman–Crippen LogP) is 1.95. The summed E-state index contributed by atoms with van der Waals surface area (Å²) in [6.07, 6.45) is 5.48. The topological polar surface area (TPSA) is 46.3 Å². The van der Waals surface area contributed by atoms with Gasteiger partial charge in [0, 0.05) is 24.2 Å². The lowest BCUT2D eigenvalue weighted by atomic mass is 9.87. The molecular formula is C15H20N2O. The Morgan fingerprint density at radius 3 is 2.78 bits per heavy atom. The van der Waals surface area contributed by atoms with E-state index in [9.17, 15) is 4.79 Å². The van der Waals surface area contributed by atoms with Crippen LogP contribution in [0.15, 0.2) is 24.3 Å². The molecule has 2 aliphatic rings. The van der Waals surface area contributed by atoms with Crippen LogP contribution >= 0.6 is 0 Å². The molecule has 1 saturated carbocycles. The maximum atomic E-state index is 12.5. The number of nitrogens with zero attached hydrogens (tertiary/aromatic N) is 1. The first-order valence-corrected chi connectivity index (χ1v) is 6.92. The zero-order chi connectivity index (χ0) is 12.5. The van der Waals surface area contributed by atoms with Gasteiger partial charge in [0.25, 0.3) is 5.91 Å². The van der Waals surface area contributed by atoms with E-state index >= 15 is 0 Å². The second-order valence-electron chi connectivity index (χ2n) is 5.42. The molecule has 3 rings (SSSR count). The molecular weight excluding hydrogens is 224 g/mol. The fourth-order valence-corrected chi connectivity index (χ4v) is 3.29. The number of benzene rings is 1. The largest absolute Gasteiger partial charge is 0.334 e. The molecule has 18 heavy (non-hydrogen) atoms. The van der Waals surface area contributed by atoms with Gasteiger partial charge in [-0.2, -0.15) is 0 Å². The molecule has 96 valence electrons. The van der Waals surface area contributed by atoms with Gasteiger partial charge in [0.1, 0.15) is 0 Å². The van der Waals surface area contributed by atoms with E-state index in [-0.39, 0.29) is 18.0 Å². The Balaban J connectivity index is 1.86. The third kappa shape index (κ3) is 1.93. The van der Waals surface area contributed by atoms with Crippen LogP contribution in [0, 0.1) is 0 Å². The van der Waals surface area contributed by atoms with E-state index in [2.05, 4.69) is 6.07 Å². The average molecular weight is 244 g/mol. The highest BCUT2D eigenvalue weighted by molar-refractivity contribution is 5.97. The molecule has 1 aliphatic carbocycles. The Morgan fingerprint density at radius 1 is 1.17 bits per heavy atom. The van der Waals surface area contributed by atoms with Crippen LogP contribution in [0.25, 0.3) is 0 Å². The van der Waals surface area contributed by atoms with Gasteiger partial charge in [-0.05, 0) is 30.9 Å². The van der Waals surface area contributed by atoms with Crippen LogP contribution in [0.5, 0.6) is 0 Å². The van der Waals surface area contributed by atoms with Crippen molar-refractivity contribution in [2.24, 2.45) is 5.73 Å². The molecule has 1 aliphatic heterocycles. The van der Waals surface area contributed by atoms with Crippen LogP contribution < -0.4 is 5.73 Å². The number of nitrogens with two attached hydrogens (primary N) is 1. The highest BCUT2D eigenvalue weighted by Crippen LogP contribution is 2.27. The average Bonchev–Trinajstić information content (AvgIpc) is 2.41. The zero-order valence-corrected chi connectivity index (χ0v) is 10.6.